The Morgan fingerprint density at radius 1 is 1.35 bits per heavy atom. The molecule has 1 aromatic carbocycles. The summed E-state index contributed by atoms with van der Waals surface area (Å²) >= 11 is 1.56. The number of carbonyl (C=O) groups is 1. The van der Waals surface area contributed by atoms with E-state index in [2.05, 4.69) is 10.3 Å². The molecule has 0 spiro atoms. The van der Waals surface area contributed by atoms with Gasteiger partial charge in [0.15, 0.2) is 5.58 Å². The molecule has 0 aliphatic carbocycles. The van der Waals surface area contributed by atoms with Gasteiger partial charge in [-0.05, 0) is 29.1 Å². The molecule has 1 amide bonds. The van der Waals surface area contributed by atoms with Crippen LogP contribution in [0.3, 0.4) is 0 Å². The van der Waals surface area contributed by atoms with Crippen LogP contribution >= 0.6 is 11.3 Å². The monoisotopic (exact) mass is 288 g/mol. The fourth-order valence-electron chi connectivity index (χ4n) is 1.94. The van der Waals surface area contributed by atoms with Crippen LogP contribution < -0.4 is 11.1 Å². The van der Waals surface area contributed by atoms with E-state index >= 15 is 0 Å². The maximum Gasteiger partial charge on any atom is 0.417 e. The summed E-state index contributed by atoms with van der Waals surface area (Å²) in [6, 6.07) is 9.20. The van der Waals surface area contributed by atoms with E-state index in [9.17, 15) is 9.59 Å². The number of benzene rings is 1. The Morgan fingerprint density at radius 3 is 3.05 bits per heavy atom. The number of hydrogen-bond acceptors (Lipinski definition) is 4. The van der Waals surface area contributed by atoms with Crippen molar-refractivity contribution in [3.63, 3.8) is 0 Å². The Hall–Kier alpha value is -2.34. The first-order valence-electron chi connectivity index (χ1n) is 6.11. The highest BCUT2D eigenvalue weighted by atomic mass is 32.1. The highest BCUT2D eigenvalue weighted by Crippen LogP contribution is 2.12. The van der Waals surface area contributed by atoms with E-state index in [1.807, 2.05) is 23.6 Å². The van der Waals surface area contributed by atoms with Gasteiger partial charge in [-0.3, -0.25) is 9.78 Å². The molecule has 0 saturated heterocycles. The molecule has 0 atom stereocenters. The van der Waals surface area contributed by atoms with Crippen molar-refractivity contribution in [2.75, 3.05) is 0 Å². The van der Waals surface area contributed by atoms with Crippen LogP contribution in [0.15, 0.2) is 44.9 Å². The minimum Gasteiger partial charge on any atom is -0.408 e. The molecular formula is C14H12N2O3S. The van der Waals surface area contributed by atoms with Gasteiger partial charge >= 0.3 is 5.76 Å². The maximum absolute atomic E-state index is 11.8. The lowest BCUT2D eigenvalue weighted by Gasteiger charge is -2.04. The second-order valence-corrected chi connectivity index (χ2v) is 5.41. The summed E-state index contributed by atoms with van der Waals surface area (Å²) in [6.45, 7) is 0.424. The van der Waals surface area contributed by atoms with E-state index in [-0.39, 0.29) is 5.91 Å². The maximum atomic E-state index is 11.8. The average molecular weight is 288 g/mol. The lowest BCUT2D eigenvalue weighted by atomic mass is 10.2. The van der Waals surface area contributed by atoms with Crippen molar-refractivity contribution in [2.45, 2.75) is 13.0 Å². The molecule has 3 rings (SSSR count). The van der Waals surface area contributed by atoms with Crippen molar-refractivity contribution in [1.82, 2.24) is 10.3 Å². The van der Waals surface area contributed by atoms with Crippen LogP contribution in [0.4, 0.5) is 0 Å². The SMILES string of the molecule is O=C(Cc1cccs1)NCc1ccc2oc(=O)[nH]c2c1. The van der Waals surface area contributed by atoms with Gasteiger partial charge in [0.2, 0.25) is 5.91 Å². The van der Waals surface area contributed by atoms with Crippen molar-refractivity contribution >= 4 is 28.3 Å². The first kappa shape index (κ1) is 12.7. The van der Waals surface area contributed by atoms with Crippen LogP contribution in [-0.2, 0) is 17.8 Å². The van der Waals surface area contributed by atoms with E-state index in [4.69, 9.17) is 4.42 Å². The van der Waals surface area contributed by atoms with Crippen molar-refractivity contribution in [2.24, 2.45) is 0 Å². The van der Waals surface area contributed by atoms with Gasteiger partial charge in [-0.1, -0.05) is 12.1 Å². The molecule has 6 heteroatoms. The lowest BCUT2D eigenvalue weighted by Crippen LogP contribution is -2.24. The van der Waals surface area contributed by atoms with Gasteiger partial charge in [-0.15, -0.1) is 11.3 Å². The van der Waals surface area contributed by atoms with Crippen molar-refractivity contribution in [1.29, 1.82) is 0 Å². The second kappa shape index (κ2) is 5.34. The molecule has 0 unspecified atom stereocenters. The minimum absolute atomic E-state index is 0.0202. The fraction of sp³-hybridized carbons (Fsp3) is 0.143. The number of nitrogens with one attached hydrogen (secondary N) is 2. The van der Waals surface area contributed by atoms with Crippen molar-refractivity contribution < 1.29 is 9.21 Å². The van der Waals surface area contributed by atoms with Gasteiger partial charge in [-0.25, -0.2) is 4.79 Å². The second-order valence-electron chi connectivity index (χ2n) is 4.38. The molecule has 0 fully saturated rings. The summed E-state index contributed by atoms with van der Waals surface area (Å²) in [5.41, 5.74) is 2.07. The number of amides is 1. The summed E-state index contributed by atoms with van der Waals surface area (Å²) in [5, 5.41) is 4.80. The largest absolute Gasteiger partial charge is 0.417 e. The summed E-state index contributed by atoms with van der Waals surface area (Å²) in [7, 11) is 0. The van der Waals surface area contributed by atoms with Crippen LogP contribution in [-0.4, -0.2) is 10.9 Å². The first-order valence-corrected chi connectivity index (χ1v) is 6.99. The zero-order chi connectivity index (χ0) is 13.9. The zero-order valence-electron chi connectivity index (χ0n) is 10.5. The Kier molecular flexibility index (Phi) is 3.39. The fourth-order valence-corrected chi connectivity index (χ4v) is 2.65. The molecule has 2 N–H and O–H groups in total. The number of carbonyl (C=O) groups excluding carboxylic acids is 1. The number of H-pyrrole nitrogens is 1. The molecule has 20 heavy (non-hydrogen) atoms. The lowest BCUT2D eigenvalue weighted by molar-refractivity contribution is -0.120. The van der Waals surface area contributed by atoms with Gasteiger partial charge in [0.05, 0.1) is 11.9 Å². The Morgan fingerprint density at radius 2 is 2.25 bits per heavy atom. The van der Waals surface area contributed by atoms with Crippen LogP contribution in [0, 0.1) is 0 Å². The van der Waals surface area contributed by atoms with Crippen LogP contribution in [0.2, 0.25) is 0 Å². The summed E-state index contributed by atoms with van der Waals surface area (Å²) in [5.74, 6) is -0.493. The predicted octanol–water partition coefficient (Wildman–Crippen LogP) is 2.04. The zero-order valence-corrected chi connectivity index (χ0v) is 11.3. The Bertz CT molecular complexity index is 786. The molecule has 3 aromatic rings. The minimum atomic E-state index is -0.473. The third-order valence-corrected chi connectivity index (χ3v) is 3.76. The van der Waals surface area contributed by atoms with Crippen LogP contribution in [0.5, 0.6) is 0 Å². The molecule has 2 heterocycles. The molecule has 102 valence electrons. The highest BCUT2D eigenvalue weighted by Gasteiger charge is 2.06. The topological polar surface area (TPSA) is 75.1 Å². The average Bonchev–Trinajstić information content (AvgIpc) is 3.04. The van der Waals surface area contributed by atoms with E-state index in [1.54, 1.807) is 23.5 Å². The van der Waals surface area contributed by atoms with Gasteiger partial charge in [0.1, 0.15) is 0 Å². The number of fused-ring (bicyclic) bond motifs is 1. The summed E-state index contributed by atoms with van der Waals surface area (Å²) in [4.78, 5) is 26.5. The third-order valence-electron chi connectivity index (χ3n) is 2.89. The number of rotatable bonds is 4. The highest BCUT2D eigenvalue weighted by molar-refractivity contribution is 7.10. The summed E-state index contributed by atoms with van der Waals surface area (Å²) in [6.07, 6.45) is 0.391. The van der Waals surface area contributed by atoms with Gasteiger partial charge in [0, 0.05) is 11.4 Å². The predicted molar refractivity (Wildman–Crippen MR) is 76.7 cm³/mol. The first-order chi connectivity index (χ1) is 9.70. The molecule has 0 radical (unpaired) electrons. The molecule has 0 aliphatic heterocycles. The van der Waals surface area contributed by atoms with Gasteiger partial charge in [-0.2, -0.15) is 0 Å². The molecule has 2 aromatic heterocycles. The quantitative estimate of drug-likeness (QED) is 0.771. The van der Waals surface area contributed by atoms with Crippen molar-refractivity contribution in [3.05, 3.63) is 56.7 Å². The molecular weight excluding hydrogens is 276 g/mol. The number of oxazole rings is 1. The smallest absolute Gasteiger partial charge is 0.408 e. The number of aromatic nitrogens is 1. The van der Waals surface area contributed by atoms with E-state index in [0.29, 0.717) is 24.1 Å². The van der Waals surface area contributed by atoms with E-state index in [1.165, 1.54) is 0 Å². The third kappa shape index (κ3) is 2.80. The van der Waals surface area contributed by atoms with E-state index in [0.717, 1.165) is 10.4 Å². The van der Waals surface area contributed by atoms with E-state index < -0.39 is 5.76 Å². The number of hydrogen-bond donors (Lipinski definition) is 2. The van der Waals surface area contributed by atoms with Gasteiger partial charge < -0.3 is 9.73 Å². The normalized spacial score (nSPS) is 10.8. The number of aromatic amines is 1. The number of thiophene rings is 1. The molecule has 0 aliphatic rings. The van der Waals surface area contributed by atoms with Crippen molar-refractivity contribution in [3.8, 4) is 0 Å². The standard InChI is InChI=1S/C14H12N2O3S/c17-13(7-10-2-1-5-20-10)15-8-9-3-4-12-11(6-9)16-14(18)19-12/h1-6H,7-8H2,(H,15,17)(H,16,18). The molecule has 0 bridgehead atoms. The molecule has 5 nitrogen and oxygen atoms in total. The summed E-state index contributed by atoms with van der Waals surface area (Å²) < 4.78 is 4.92. The Labute approximate surface area is 118 Å². The van der Waals surface area contributed by atoms with Crippen LogP contribution in [0.1, 0.15) is 10.4 Å². The molecule has 0 saturated carbocycles. The Balaban J connectivity index is 1.64. The van der Waals surface area contributed by atoms with Crippen LogP contribution in [0.25, 0.3) is 11.1 Å². The van der Waals surface area contributed by atoms with Gasteiger partial charge in [0.25, 0.3) is 0 Å².